The van der Waals surface area contributed by atoms with Crippen molar-refractivity contribution in [1.29, 1.82) is 0 Å². The van der Waals surface area contributed by atoms with Gasteiger partial charge in [-0.2, -0.15) is 4.68 Å². The number of benzene rings is 1. The first-order chi connectivity index (χ1) is 11.5. The number of nitrogens with zero attached hydrogens (tertiary/aromatic N) is 4. The molecule has 0 spiro atoms. The Morgan fingerprint density at radius 3 is 2.96 bits per heavy atom. The maximum atomic E-state index is 12.0. The summed E-state index contributed by atoms with van der Waals surface area (Å²) in [5, 5.41) is 15.3. The van der Waals surface area contributed by atoms with Gasteiger partial charge < -0.3 is 10.1 Å². The molecule has 0 aliphatic heterocycles. The molecular weight excluding hydrogens is 326 g/mol. The smallest absolute Gasteiger partial charge is 0.230 e. The van der Waals surface area contributed by atoms with Gasteiger partial charge in [0.25, 0.3) is 0 Å². The van der Waals surface area contributed by atoms with Gasteiger partial charge in [0.2, 0.25) is 11.1 Å². The van der Waals surface area contributed by atoms with E-state index in [0.717, 1.165) is 24.1 Å². The van der Waals surface area contributed by atoms with Crippen molar-refractivity contribution in [2.45, 2.75) is 44.8 Å². The lowest BCUT2D eigenvalue weighted by atomic mass is 10.2. The average molecular weight is 349 g/mol. The summed E-state index contributed by atoms with van der Waals surface area (Å²) in [5.74, 6) is 0.921. The van der Waals surface area contributed by atoms with Crippen molar-refractivity contribution < 1.29 is 9.53 Å². The van der Waals surface area contributed by atoms with Crippen LogP contribution in [0.15, 0.2) is 23.4 Å². The minimum Gasteiger partial charge on any atom is -0.494 e. The highest BCUT2D eigenvalue weighted by molar-refractivity contribution is 7.99. The number of carbonyl (C=O) groups is 1. The lowest BCUT2D eigenvalue weighted by molar-refractivity contribution is -0.119. The van der Waals surface area contributed by atoms with E-state index in [1.165, 1.54) is 11.8 Å². The summed E-state index contributed by atoms with van der Waals surface area (Å²) in [6.45, 7) is 6.09. The first kappa shape index (κ1) is 18.3. The van der Waals surface area contributed by atoms with E-state index >= 15 is 0 Å². The monoisotopic (exact) mass is 349 g/mol. The second-order valence-electron chi connectivity index (χ2n) is 5.59. The molecule has 2 aromatic rings. The van der Waals surface area contributed by atoms with Crippen LogP contribution >= 0.6 is 11.8 Å². The number of aryl methyl sites for hydroxylation is 1. The van der Waals surface area contributed by atoms with E-state index in [1.54, 1.807) is 11.8 Å². The van der Waals surface area contributed by atoms with Crippen LogP contribution in [0.1, 0.15) is 32.3 Å². The number of ether oxygens (including phenoxy) is 1. The first-order valence-corrected chi connectivity index (χ1v) is 8.89. The SMILES string of the molecule is CCC[C@@H](C)NC(=O)CSc1nnnn1-c1cc(C)ccc1OC. The Labute approximate surface area is 146 Å². The van der Waals surface area contributed by atoms with E-state index in [0.29, 0.717) is 10.9 Å². The number of hydrogen-bond acceptors (Lipinski definition) is 6. The lowest BCUT2D eigenvalue weighted by Gasteiger charge is -2.13. The molecule has 130 valence electrons. The van der Waals surface area contributed by atoms with E-state index in [4.69, 9.17) is 4.74 Å². The van der Waals surface area contributed by atoms with E-state index in [1.807, 2.05) is 32.0 Å². The molecule has 1 N–H and O–H groups in total. The van der Waals surface area contributed by atoms with Crippen LogP contribution in [0.25, 0.3) is 5.69 Å². The molecule has 24 heavy (non-hydrogen) atoms. The van der Waals surface area contributed by atoms with Gasteiger partial charge in [-0.3, -0.25) is 4.79 Å². The van der Waals surface area contributed by atoms with Crippen LogP contribution in [0, 0.1) is 6.92 Å². The van der Waals surface area contributed by atoms with Crippen molar-refractivity contribution in [3.05, 3.63) is 23.8 Å². The molecule has 0 aliphatic rings. The van der Waals surface area contributed by atoms with Crippen LogP contribution in [0.3, 0.4) is 0 Å². The number of hydrogen-bond donors (Lipinski definition) is 1. The molecule has 0 saturated heterocycles. The van der Waals surface area contributed by atoms with Crippen LogP contribution in [-0.2, 0) is 4.79 Å². The molecule has 1 amide bonds. The highest BCUT2D eigenvalue weighted by Crippen LogP contribution is 2.26. The van der Waals surface area contributed by atoms with E-state index < -0.39 is 0 Å². The van der Waals surface area contributed by atoms with Crippen molar-refractivity contribution in [1.82, 2.24) is 25.5 Å². The number of aromatic nitrogens is 4. The zero-order valence-corrected chi connectivity index (χ0v) is 15.3. The fraction of sp³-hybridized carbons (Fsp3) is 0.500. The number of thioether (sulfide) groups is 1. The second kappa shape index (κ2) is 8.68. The molecule has 1 aromatic heterocycles. The number of amides is 1. The van der Waals surface area contributed by atoms with Crippen LogP contribution in [0.5, 0.6) is 5.75 Å². The molecule has 7 nitrogen and oxygen atoms in total. The van der Waals surface area contributed by atoms with Gasteiger partial charge in [-0.05, 0) is 48.4 Å². The van der Waals surface area contributed by atoms with Crippen LogP contribution in [0.4, 0.5) is 0 Å². The Balaban J connectivity index is 2.08. The second-order valence-corrected chi connectivity index (χ2v) is 6.54. The van der Waals surface area contributed by atoms with Gasteiger partial charge in [-0.15, -0.1) is 5.10 Å². The van der Waals surface area contributed by atoms with Gasteiger partial charge >= 0.3 is 0 Å². The molecular formula is C16H23N5O2S. The predicted molar refractivity (Wildman–Crippen MR) is 93.7 cm³/mol. The summed E-state index contributed by atoms with van der Waals surface area (Å²) in [7, 11) is 1.61. The third-order valence-corrected chi connectivity index (χ3v) is 4.38. The third-order valence-electron chi connectivity index (χ3n) is 3.46. The molecule has 2 rings (SSSR count). The Morgan fingerprint density at radius 1 is 1.46 bits per heavy atom. The van der Waals surface area contributed by atoms with Gasteiger partial charge in [0.15, 0.2) is 0 Å². The highest BCUT2D eigenvalue weighted by atomic mass is 32.2. The minimum atomic E-state index is -0.0216. The molecule has 0 saturated carbocycles. The van der Waals surface area contributed by atoms with Crippen molar-refractivity contribution in [2.75, 3.05) is 12.9 Å². The quantitative estimate of drug-likeness (QED) is 0.737. The molecule has 1 aromatic carbocycles. The molecule has 8 heteroatoms. The summed E-state index contributed by atoms with van der Waals surface area (Å²) < 4.78 is 6.98. The number of methoxy groups -OCH3 is 1. The average Bonchev–Trinajstić information content (AvgIpc) is 3.01. The Hall–Kier alpha value is -2.09. The van der Waals surface area contributed by atoms with Crippen molar-refractivity contribution in [2.24, 2.45) is 0 Å². The predicted octanol–water partition coefficient (Wildman–Crippen LogP) is 2.38. The maximum Gasteiger partial charge on any atom is 0.230 e. The Morgan fingerprint density at radius 2 is 2.25 bits per heavy atom. The fourth-order valence-electron chi connectivity index (χ4n) is 2.34. The zero-order valence-electron chi connectivity index (χ0n) is 14.4. The van der Waals surface area contributed by atoms with Crippen molar-refractivity contribution in [3.63, 3.8) is 0 Å². The van der Waals surface area contributed by atoms with Gasteiger partial charge in [-0.25, -0.2) is 0 Å². The molecule has 1 atom stereocenters. The summed E-state index contributed by atoms with van der Waals surface area (Å²) >= 11 is 1.30. The van der Waals surface area contributed by atoms with Gasteiger partial charge in [0, 0.05) is 6.04 Å². The fourth-order valence-corrected chi connectivity index (χ4v) is 3.03. The third kappa shape index (κ3) is 4.70. The molecule has 0 aliphatic carbocycles. The topological polar surface area (TPSA) is 81.9 Å². The number of carbonyl (C=O) groups excluding carboxylic acids is 1. The Bertz CT molecular complexity index is 689. The van der Waals surface area contributed by atoms with Crippen LogP contribution < -0.4 is 10.1 Å². The number of nitrogens with one attached hydrogen (secondary N) is 1. The van der Waals surface area contributed by atoms with Gasteiger partial charge in [0.1, 0.15) is 11.4 Å². The minimum absolute atomic E-state index is 0.0216. The van der Waals surface area contributed by atoms with E-state index in [9.17, 15) is 4.79 Å². The summed E-state index contributed by atoms with van der Waals surface area (Å²) in [6.07, 6.45) is 2.01. The largest absolute Gasteiger partial charge is 0.494 e. The number of tetrazole rings is 1. The zero-order chi connectivity index (χ0) is 17.5. The molecule has 0 unspecified atom stereocenters. The van der Waals surface area contributed by atoms with Gasteiger partial charge in [-0.1, -0.05) is 31.2 Å². The summed E-state index contributed by atoms with van der Waals surface area (Å²) in [4.78, 5) is 12.0. The Kier molecular flexibility index (Phi) is 6.60. The first-order valence-electron chi connectivity index (χ1n) is 7.90. The normalized spacial score (nSPS) is 12.0. The van der Waals surface area contributed by atoms with Crippen LogP contribution in [-0.4, -0.2) is 45.0 Å². The molecule has 0 radical (unpaired) electrons. The van der Waals surface area contributed by atoms with Crippen molar-refractivity contribution >= 4 is 17.7 Å². The molecule has 1 heterocycles. The standard InChI is InChI=1S/C16H23N5O2S/c1-5-6-12(3)17-15(22)10-24-16-18-19-20-21(16)13-9-11(2)7-8-14(13)23-4/h7-9,12H,5-6,10H2,1-4H3,(H,17,22)/t12-/m1/s1. The summed E-state index contributed by atoms with van der Waals surface area (Å²) in [6, 6.07) is 5.96. The maximum absolute atomic E-state index is 12.0. The molecule has 0 bridgehead atoms. The molecule has 0 fully saturated rings. The number of rotatable bonds is 8. The van der Waals surface area contributed by atoms with Crippen molar-refractivity contribution in [3.8, 4) is 11.4 Å². The van der Waals surface area contributed by atoms with Crippen LogP contribution in [0.2, 0.25) is 0 Å². The van der Waals surface area contributed by atoms with E-state index in [2.05, 4.69) is 27.8 Å². The van der Waals surface area contributed by atoms with Gasteiger partial charge in [0.05, 0.1) is 12.9 Å². The highest BCUT2D eigenvalue weighted by Gasteiger charge is 2.15. The summed E-state index contributed by atoms with van der Waals surface area (Å²) in [5.41, 5.74) is 1.83. The lowest BCUT2D eigenvalue weighted by Crippen LogP contribution is -2.33. The van der Waals surface area contributed by atoms with E-state index in [-0.39, 0.29) is 17.7 Å².